The molecule has 1 aromatic carbocycles. The fraction of sp³-hybridized carbons (Fsp3) is 0.605. The minimum Gasteiger partial charge on any atom is -0.444 e. The number of nitrogens with one attached hydrogen (secondary N) is 3. The van der Waals surface area contributed by atoms with Crippen LogP contribution in [0.2, 0.25) is 0 Å². The van der Waals surface area contributed by atoms with E-state index in [1.165, 1.54) is 11.0 Å². The van der Waals surface area contributed by atoms with Gasteiger partial charge in [-0.2, -0.15) is 0 Å². The summed E-state index contributed by atoms with van der Waals surface area (Å²) in [5.74, 6) is -2.59. The first-order chi connectivity index (χ1) is 25.1. The van der Waals surface area contributed by atoms with Crippen molar-refractivity contribution in [2.75, 3.05) is 13.1 Å². The molecule has 53 heavy (non-hydrogen) atoms. The molecule has 0 spiro atoms. The number of rotatable bonds is 6. The molecule has 4 bridgehead atoms. The lowest BCUT2D eigenvalue weighted by Crippen LogP contribution is -2.61. The van der Waals surface area contributed by atoms with Crippen molar-refractivity contribution >= 4 is 45.9 Å². The van der Waals surface area contributed by atoms with Crippen molar-refractivity contribution in [3.05, 3.63) is 53.6 Å². The van der Waals surface area contributed by atoms with Crippen LogP contribution in [0.5, 0.6) is 0 Å². The van der Waals surface area contributed by atoms with Crippen LogP contribution in [0, 0.1) is 11.3 Å². The molecule has 2 saturated carbocycles. The monoisotopic (exact) mass is 750 g/mol. The van der Waals surface area contributed by atoms with Gasteiger partial charge in [-0.15, -0.1) is 6.58 Å². The van der Waals surface area contributed by atoms with Crippen molar-refractivity contribution in [3.63, 3.8) is 0 Å². The zero-order valence-electron chi connectivity index (χ0n) is 30.6. The summed E-state index contributed by atoms with van der Waals surface area (Å²) in [6.07, 6.45) is 8.41. The molecule has 4 aliphatic heterocycles. The smallest absolute Gasteiger partial charge is 0.410 e. The summed E-state index contributed by atoms with van der Waals surface area (Å²) in [7, 11) is -3.90. The maximum atomic E-state index is 14.6. The van der Waals surface area contributed by atoms with E-state index in [9.17, 15) is 32.4 Å². The van der Waals surface area contributed by atoms with Crippen LogP contribution in [0.3, 0.4) is 0 Å². The molecule has 6 atom stereocenters. The van der Waals surface area contributed by atoms with Gasteiger partial charge in [0, 0.05) is 31.5 Å². The minimum atomic E-state index is -3.90. The molecule has 14 nitrogen and oxygen atoms in total. The van der Waals surface area contributed by atoms with Gasteiger partial charge in [0.15, 0.2) is 0 Å². The van der Waals surface area contributed by atoms with Gasteiger partial charge in [0.2, 0.25) is 21.8 Å². The van der Waals surface area contributed by atoms with Crippen molar-refractivity contribution in [1.82, 2.24) is 30.1 Å². The number of benzene rings is 1. The standard InChI is InChI=1S/C38H50N6O8S/c1-5-25-19-38(25,34(47)41-53(50,51)28-15-16-28)40-32(45)30-18-27-21-44(30)33(46)31(37(2,3)4)39-35(48)43-17-9-14-26(43)13-7-6-10-23-11-8-12-24-20-42(22-29(23)24)36(49)52-27/h5-6,8,10-12,25-28,30-31H,1,7,9,13-22H2,2-4H3,(H,39,48)(H,40,45)(H,41,47)/b10-6-/t25-,26-,27-,30+,31-,38-/m1/s1. The summed E-state index contributed by atoms with van der Waals surface area (Å²) in [5.41, 5.74) is 0.715. The highest BCUT2D eigenvalue weighted by Crippen LogP contribution is 2.45. The number of hydrogen-bond acceptors (Lipinski definition) is 8. The van der Waals surface area contributed by atoms with Gasteiger partial charge in [-0.25, -0.2) is 18.0 Å². The van der Waals surface area contributed by atoms with Crippen LogP contribution < -0.4 is 15.4 Å². The first-order valence-corrected chi connectivity index (χ1v) is 20.3. The maximum absolute atomic E-state index is 14.6. The van der Waals surface area contributed by atoms with E-state index in [1.807, 2.05) is 39.0 Å². The molecule has 7 rings (SSSR count). The van der Waals surface area contributed by atoms with E-state index in [2.05, 4.69) is 34.1 Å². The molecule has 15 heteroatoms. The number of fused-ring (bicyclic) bond motifs is 4. The Bertz CT molecular complexity index is 1850. The van der Waals surface area contributed by atoms with Gasteiger partial charge in [0.1, 0.15) is 23.7 Å². The molecule has 0 unspecified atom stereocenters. The Balaban J connectivity index is 1.19. The fourth-order valence-corrected chi connectivity index (χ4v) is 9.63. The van der Waals surface area contributed by atoms with Crippen LogP contribution in [0.25, 0.3) is 6.08 Å². The number of carbonyl (C=O) groups excluding carboxylic acids is 5. The molecular weight excluding hydrogens is 701 g/mol. The van der Waals surface area contributed by atoms with Gasteiger partial charge in [-0.3, -0.25) is 24.0 Å². The highest BCUT2D eigenvalue weighted by atomic mass is 32.2. The second-order valence-electron chi connectivity index (χ2n) is 16.5. The third-order valence-corrected chi connectivity index (χ3v) is 13.4. The molecule has 0 aromatic heterocycles. The lowest BCUT2D eigenvalue weighted by atomic mass is 9.85. The molecular formula is C38H50N6O8S. The third kappa shape index (κ3) is 7.28. The van der Waals surface area contributed by atoms with Crippen LogP contribution in [-0.4, -0.2) is 101 Å². The zero-order chi connectivity index (χ0) is 37.9. The number of ether oxygens (including phenoxy) is 1. The fourth-order valence-electron chi connectivity index (χ4n) is 8.27. The normalized spacial score (nSPS) is 31.0. The predicted octanol–water partition coefficient (Wildman–Crippen LogP) is 3.17. The summed E-state index contributed by atoms with van der Waals surface area (Å²) in [5, 5.41) is 5.13. The van der Waals surface area contributed by atoms with E-state index in [-0.39, 0.29) is 31.5 Å². The number of urea groups is 1. The van der Waals surface area contributed by atoms with E-state index < -0.39 is 74.1 Å². The van der Waals surface area contributed by atoms with Crippen LogP contribution in [0.15, 0.2) is 36.9 Å². The van der Waals surface area contributed by atoms with Crippen LogP contribution in [-0.2, 0) is 42.2 Å². The van der Waals surface area contributed by atoms with Crippen molar-refractivity contribution in [1.29, 1.82) is 0 Å². The molecule has 286 valence electrons. The summed E-state index contributed by atoms with van der Waals surface area (Å²) in [6, 6.07) is 3.38. The molecule has 0 radical (unpaired) electrons. The Morgan fingerprint density at radius 2 is 1.85 bits per heavy atom. The average Bonchev–Trinajstić information content (AvgIpc) is 3.91. The predicted molar refractivity (Wildman–Crippen MR) is 195 cm³/mol. The molecule has 1 aromatic rings. The van der Waals surface area contributed by atoms with Gasteiger partial charge in [-0.05, 0) is 67.1 Å². The van der Waals surface area contributed by atoms with Gasteiger partial charge in [0.05, 0.1) is 18.3 Å². The number of allylic oxidation sites excluding steroid dienone is 1. The number of carbonyl (C=O) groups is 5. The van der Waals surface area contributed by atoms with Crippen molar-refractivity contribution in [3.8, 4) is 0 Å². The van der Waals surface area contributed by atoms with Crippen LogP contribution >= 0.6 is 0 Å². The summed E-state index contributed by atoms with van der Waals surface area (Å²) in [4.78, 5) is 74.7. The molecule has 6 aliphatic rings. The maximum Gasteiger partial charge on any atom is 0.410 e. The second-order valence-corrected chi connectivity index (χ2v) is 18.4. The number of sulfonamides is 1. The Hall–Kier alpha value is -4.40. The Kier molecular flexibility index (Phi) is 9.61. The lowest BCUT2D eigenvalue weighted by molar-refractivity contribution is -0.142. The van der Waals surface area contributed by atoms with E-state index in [4.69, 9.17) is 4.74 Å². The van der Waals surface area contributed by atoms with Crippen LogP contribution in [0.1, 0.15) is 88.8 Å². The summed E-state index contributed by atoms with van der Waals surface area (Å²) < 4.78 is 33.6. The quantitative estimate of drug-likeness (QED) is 0.372. The van der Waals surface area contributed by atoms with E-state index >= 15 is 0 Å². The molecule has 2 aliphatic carbocycles. The van der Waals surface area contributed by atoms with Crippen molar-refractivity contribution in [2.45, 2.75) is 120 Å². The summed E-state index contributed by atoms with van der Waals surface area (Å²) >= 11 is 0. The first kappa shape index (κ1) is 36.9. The van der Waals surface area contributed by atoms with E-state index in [1.54, 1.807) is 9.80 Å². The molecule has 2 saturated heterocycles. The van der Waals surface area contributed by atoms with Crippen molar-refractivity contribution in [2.24, 2.45) is 11.3 Å². The molecule has 6 amide bonds. The SMILES string of the molecule is C=C[C@@H]1C[C@]1(NC(=O)[C@@H]1C[C@@H]2CN1C(=O)[C@H](C(C)(C)C)NC(=O)N1CCC[C@H]1CC/C=C\c1cccc3c1CN(C3)C(=O)O2)C(=O)NS(=O)(=O)C1CC1. The third-order valence-electron chi connectivity index (χ3n) is 11.6. The van der Waals surface area contributed by atoms with E-state index in [0.29, 0.717) is 32.5 Å². The Morgan fingerprint density at radius 1 is 1.08 bits per heavy atom. The summed E-state index contributed by atoms with van der Waals surface area (Å²) in [6.45, 7) is 10.4. The number of amides is 6. The second kappa shape index (κ2) is 13.8. The Labute approximate surface area is 310 Å². The highest BCUT2D eigenvalue weighted by Gasteiger charge is 2.62. The van der Waals surface area contributed by atoms with Gasteiger partial charge in [0.25, 0.3) is 5.91 Å². The van der Waals surface area contributed by atoms with Gasteiger partial charge >= 0.3 is 12.1 Å². The number of hydrogen-bond donors (Lipinski definition) is 3. The molecule has 4 fully saturated rings. The first-order valence-electron chi connectivity index (χ1n) is 18.7. The minimum absolute atomic E-state index is 0.00226. The van der Waals surface area contributed by atoms with Crippen molar-refractivity contribution < 1.29 is 37.1 Å². The Morgan fingerprint density at radius 3 is 2.55 bits per heavy atom. The van der Waals surface area contributed by atoms with Gasteiger partial charge < -0.3 is 25.2 Å². The average molecular weight is 751 g/mol. The molecule has 4 heterocycles. The largest absolute Gasteiger partial charge is 0.444 e. The lowest BCUT2D eigenvalue weighted by Gasteiger charge is -2.37. The van der Waals surface area contributed by atoms with Gasteiger partial charge in [-0.1, -0.05) is 57.2 Å². The number of nitrogens with zero attached hydrogens (tertiary/aromatic N) is 3. The highest BCUT2D eigenvalue weighted by molar-refractivity contribution is 7.91. The zero-order valence-corrected chi connectivity index (χ0v) is 31.5. The van der Waals surface area contributed by atoms with E-state index in [0.717, 1.165) is 42.4 Å². The molecule has 3 N–H and O–H groups in total. The van der Waals surface area contributed by atoms with Crippen LogP contribution in [0.4, 0.5) is 9.59 Å². The topological polar surface area (TPSA) is 175 Å².